The van der Waals surface area contributed by atoms with Gasteiger partial charge in [-0.05, 0) is 42.3 Å². The van der Waals surface area contributed by atoms with Crippen molar-refractivity contribution in [1.82, 2.24) is 29.9 Å². The average molecular weight is 722 g/mol. The third-order valence-electron chi connectivity index (χ3n) is 5.45. The van der Waals surface area contributed by atoms with Crippen LogP contribution in [0.4, 0.5) is 29.2 Å². The number of hydrogen-bond donors (Lipinski definition) is 6. The quantitative estimate of drug-likeness (QED) is 0.0147. The van der Waals surface area contributed by atoms with Gasteiger partial charge in [0.2, 0.25) is 17.8 Å². The van der Waals surface area contributed by atoms with E-state index < -0.39 is 15.0 Å². The molecule has 48 heavy (non-hydrogen) atoms. The monoisotopic (exact) mass is 721 g/mol. The number of rotatable bonds is 15. The Balaban J connectivity index is 1.60. The van der Waals surface area contributed by atoms with Gasteiger partial charge in [-0.2, -0.15) is 38.3 Å². The van der Waals surface area contributed by atoms with Gasteiger partial charge in [0.1, 0.15) is 22.8 Å². The van der Waals surface area contributed by atoms with E-state index in [1.807, 2.05) is 0 Å². The molecule has 0 atom stereocenters. The zero-order valence-corrected chi connectivity index (χ0v) is 27.1. The number of benzene rings is 2. The average Bonchev–Trinajstić information content (AvgIpc) is 3.06. The molecule has 23 heteroatoms. The van der Waals surface area contributed by atoms with Crippen molar-refractivity contribution in [3.63, 3.8) is 0 Å². The van der Waals surface area contributed by atoms with Crippen LogP contribution in [0.5, 0.6) is 12.0 Å². The summed E-state index contributed by atoms with van der Waals surface area (Å²) in [5.41, 5.74) is 1.32. The summed E-state index contributed by atoms with van der Waals surface area (Å²) in [5, 5.41) is 34.9. The molecular weight excluding hydrogens is 699 g/mol. The fraction of sp³-hybridized carbons (Fsp3) is 0.120. The fourth-order valence-corrected chi connectivity index (χ4v) is 4.96. The molecule has 0 radical (unpaired) electrons. The topological polar surface area (TPSA) is 264 Å². The molecule has 4 rings (SSSR count). The van der Waals surface area contributed by atoms with Crippen LogP contribution in [0.1, 0.15) is 17.0 Å². The minimum absolute atomic E-state index is 0.00698. The maximum Gasteiger partial charge on any atom is 0.322 e. The number of hydrogen-bond acceptors (Lipinski definition) is 21. The Hall–Kier alpha value is -4.87. The first-order valence-corrected chi connectivity index (χ1v) is 15.6. The number of methoxy groups -OCH3 is 2. The van der Waals surface area contributed by atoms with E-state index in [4.69, 9.17) is 20.0 Å². The van der Waals surface area contributed by atoms with Crippen molar-refractivity contribution in [2.45, 2.75) is 16.7 Å². The molecule has 2 aromatic heterocycles. The van der Waals surface area contributed by atoms with Gasteiger partial charge in [0, 0.05) is 27.6 Å². The van der Waals surface area contributed by atoms with E-state index >= 15 is 0 Å². The lowest BCUT2D eigenvalue weighted by Gasteiger charge is -2.11. The summed E-state index contributed by atoms with van der Waals surface area (Å²) in [7, 11) is -1.94. The van der Waals surface area contributed by atoms with Gasteiger partial charge in [-0.25, -0.2) is 10.5 Å². The summed E-state index contributed by atoms with van der Waals surface area (Å²) >= 11 is 1.12. The van der Waals surface area contributed by atoms with E-state index in [9.17, 15) is 13.0 Å². The number of aryl methyl sites for hydroxylation is 1. The summed E-state index contributed by atoms with van der Waals surface area (Å²) < 4.78 is 53.5. The summed E-state index contributed by atoms with van der Waals surface area (Å²) in [5.74, 6) is 0.514. The molecule has 0 aliphatic rings. The molecule has 252 valence electrons. The summed E-state index contributed by atoms with van der Waals surface area (Å²) in [6.45, 7) is 1.63. The first-order valence-electron chi connectivity index (χ1n) is 12.7. The van der Waals surface area contributed by atoms with Gasteiger partial charge in [0.25, 0.3) is 10.1 Å². The van der Waals surface area contributed by atoms with Crippen molar-refractivity contribution in [3.8, 4) is 23.3 Å². The van der Waals surface area contributed by atoms with Crippen LogP contribution < -0.4 is 25.4 Å². The summed E-state index contributed by atoms with van der Waals surface area (Å²) in [4.78, 5) is 24.5. The third kappa shape index (κ3) is 10.6. The largest absolute Gasteiger partial charge is 0.467 e. The van der Waals surface area contributed by atoms with Crippen LogP contribution in [-0.4, -0.2) is 67.6 Å². The molecule has 0 unspecified atom stereocenters. The molecule has 20 nitrogen and oxygen atoms in total. The molecule has 0 aliphatic heterocycles. The SMILES string of the molecule is COc1nc(C)nc(Nc2ccc(C=Cc3ccc(Nc4nc(NC#CSOOO)nc(OC)n4)cc3SOOO)c(S(=O)(=O)O)c2)n1. The van der Waals surface area contributed by atoms with Gasteiger partial charge in [0.05, 0.1) is 26.3 Å². The normalized spacial score (nSPS) is 11.1. The molecular formula is C25H23N9O11S3. The molecule has 0 saturated carbocycles. The lowest BCUT2D eigenvalue weighted by atomic mass is 10.1. The Bertz CT molecular complexity index is 1940. The van der Waals surface area contributed by atoms with Crippen LogP contribution in [-0.2, 0) is 28.9 Å². The second-order valence-electron chi connectivity index (χ2n) is 8.53. The molecule has 2 aromatic carbocycles. The highest BCUT2D eigenvalue weighted by molar-refractivity contribution is 7.99. The lowest BCUT2D eigenvalue weighted by molar-refractivity contribution is -0.432. The van der Waals surface area contributed by atoms with Crippen molar-refractivity contribution in [2.24, 2.45) is 0 Å². The highest BCUT2D eigenvalue weighted by Crippen LogP contribution is 2.31. The smallest absolute Gasteiger partial charge is 0.322 e. The van der Waals surface area contributed by atoms with Crippen LogP contribution in [0, 0.1) is 18.2 Å². The third-order valence-corrected chi connectivity index (χ3v) is 7.34. The van der Waals surface area contributed by atoms with Crippen LogP contribution in [0.25, 0.3) is 12.2 Å². The number of nitrogens with zero attached hydrogens (tertiary/aromatic N) is 6. The second kappa shape index (κ2) is 17.3. The molecule has 0 saturated heterocycles. The van der Waals surface area contributed by atoms with Crippen LogP contribution in [0.2, 0.25) is 0 Å². The van der Waals surface area contributed by atoms with E-state index in [0.717, 1.165) is 0 Å². The van der Waals surface area contributed by atoms with Crippen molar-refractivity contribution in [3.05, 3.63) is 53.3 Å². The summed E-state index contributed by atoms with van der Waals surface area (Å²) in [6, 6.07) is 11.5. The van der Waals surface area contributed by atoms with Crippen LogP contribution in [0.3, 0.4) is 0 Å². The van der Waals surface area contributed by atoms with Gasteiger partial charge >= 0.3 is 12.0 Å². The number of nitrogens with one attached hydrogen (secondary N) is 3. The van der Waals surface area contributed by atoms with E-state index in [1.54, 1.807) is 37.3 Å². The van der Waals surface area contributed by atoms with Gasteiger partial charge in [0.15, 0.2) is 0 Å². The standard InChI is InChI=1S/C25H23N9O11S3/c1-14-27-22(33-24(28-14)40-2)30-18-9-7-16(20(13-18)48(37,38)39)5-4-15-6-8-17(12-19(15)47-45-43-36)29-23-31-21(32-25(34-23)41-3)26-10-11-46-44-42-35/h4-9,12-13,35-36H,1-3H3,(H,37,38,39)(H,27,28,30,33)(H2,26,29,31,32,34). The molecule has 0 bridgehead atoms. The number of aromatic nitrogens is 6. The molecule has 4 aromatic rings. The zero-order chi connectivity index (χ0) is 34.5. The highest BCUT2D eigenvalue weighted by Gasteiger charge is 2.17. The molecule has 2 heterocycles. The van der Waals surface area contributed by atoms with Crippen LogP contribution >= 0.6 is 24.1 Å². The minimum Gasteiger partial charge on any atom is -0.467 e. The number of anilines is 5. The van der Waals surface area contributed by atoms with E-state index in [0.29, 0.717) is 46.1 Å². The maximum atomic E-state index is 12.3. The van der Waals surface area contributed by atoms with Crippen molar-refractivity contribution < 1.29 is 51.7 Å². The van der Waals surface area contributed by atoms with E-state index in [1.165, 1.54) is 32.4 Å². The van der Waals surface area contributed by atoms with Gasteiger partial charge in [-0.3, -0.25) is 9.87 Å². The van der Waals surface area contributed by atoms with Gasteiger partial charge in [-0.1, -0.05) is 34.4 Å². The zero-order valence-electron chi connectivity index (χ0n) is 24.6. The molecule has 0 amide bonds. The number of ether oxygens (including phenoxy) is 2. The Labute approximate surface area is 280 Å². The predicted molar refractivity (Wildman–Crippen MR) is 170 cm³/mol. The first-order chi connectivity index (χ1) is 23.1. The fourth-order valence-electron chi connectivity index (χ4n) is 3.58. The molecule has 6 N–H and O–H groups in total. The maximum absolute atomic E-state index is 12.3. The van der Waals surface area contributed by atoms with Crippen molar-refractivity contribution >= 4 is 75.6 Å². The lowest BCUT2D eigenvalue weighted by Crippen LogP contribution is -2.05. The van der Waals surface area contributed by atoms with Crippen molar-refractivity contribution in [2.75, 3.05) is 30.2 Å². The predicted octanol–water partition coefficient (Wildman–Crippen LogP) is 4.11. The second-order valence-corrected chi connectivity index (χ2v) is 11.2. The molecule has 0 spiro atoms. The van der Waals surface area contributed by atoms with Crippen LogP contribution in [0.15, 0.2) is 46.2 Å². The van der Waals surface area contributed by atoms with Gasteiger partial charge in [-0.15, -0.1) is 8.67 Å². The first kappa shape index (κ1) is 36.0. The van der Waals surface area contributed by atoms with Crippen molar-refractivity contribution in [1.29, 1.82) is 0 Å². The Kier molecular flexibility index (Phi) is 13.0. The Morgan fingerprint density at radius 2 is 1.40 bits per heavy atom. The van der Waals surface area contributed by atoms with E-state index in [2.05, 4.69) is 75.9 Å². The molecule has 0 fully saturated rings. The highest BCUT2D eigenvalue weighted by atomic mass is 32.2. The van der Waals surface area contributed by atoms with Gasteiger partial charge < -0.3 is 20.1 Å². The molecule has 0 aliphatic carbocycles. The van der Waals surface area contributed by atoms with E-state index in [-0.39, 0.29) is 41.1 Å². The Morgan fingerprint density at radius 1 is 0.792 bits per heavy atom. The Morgan fingerprint density at radius 3 is 2.06 bits per heavy atom. The summed E-state index contributed by atoms with van der Waals surface area (Å²) in [6.07, 6.45) is 2.99. The minimum atomic E-state index is -4.69.